The Kier molecular flexibility index (Phi) is 4.83. The third-order valence-corrected chi connectivity index (χ3v) is 5.46. The monoisotopic (exact) mass is 393 g/mol. The molecule has 1 N–H and O–H groups in total. The van der Waals surface area contributed by atoms with Gasteiger partial charge in [-0.3, -0.25) is 10.1 Å². The van der Waals surface area contributed by atoms with Gasteiger partial charge in [-0.1, -0.05) is 40.8 Å². The highest BCUT2D eigenvalue weighted by atomic mass is 32.1. The van der Waals surface area contributed by atoms with Crippen LogP contribution < -0.4 is 10.1 Å². The number of aryl methyl sites for hydroxylation is 3. The quantitative estimate of drug-likeness (QED) is 0.514. The molecule has 0 fully saturated rings. The second kappa shape index (κ2) is 7.44. The maximum Gasteiger partial charge on any atom is 0.261 e. The fourth-order valence-electron chi connectivity index (χ4n) is 2.94. The van der Waals surface area contributed by atoms with Gasteiger partial charge in [-0.25, -0.2) is 4.98 Å². The van der Waals surface area contributed by atoms with Crippen LogP contribution in [-0.2, 0) is 6.61 Å². The first kappa shape index (κ1) is 18.2. The summed E-state index contributed by atoms with van der Waals surface area (Å²) in [5.74, 6) is 0.952. The second-order valence-electron chi connectivity index (χ2n) is 6.48. The van der Waals surface area contributed by atoms with E-state index >= 15 is 0 Å². The Bertz CT molecular complexity index is 1140. The number of nitrogens with one attached hydrogen (secondary N) is 1. The predicted octanol–water partition coefficient (Wildman–Crippen LogP) is 5.04. The molecule has 28 heavy (non-hydrogen) atoms. The van der Waals surface area contributed by atoms with Crippen molar-refractivity contribution >= 4 is 32.6 Å². The molecule has 2 heterocycles. The van der Waals surface area contributed by atoms with Crippen LogP contribution in [0.5, 0.6) is 5.75 Å². The third kappa shape index (κ3) is 3.48. The van der Waals surface area contributed by atoms with Gasteiger partial charge in [0.05, 0.1) is 27.0 Å². The summed E-state index contributed by atoms with van der Waals surface area (Å²) in [5, 5.41) is 7.38. The SMILES string of the molecule is Cc1noc(C)c1COc1ccccc1C(=O)Nc1nc2c(C)cccc2s1. The molecule has 2 aromatic carbocycles. The van der Waals surface area contributed by atoms with Crippen LogP contribution in [0.2, 0.25) is 0 Å². The lowest BCUT2D eigenvalue weighted by molar-refractivity contribution is 0.102. The molecule has 0 spiro atoms. The Balaban J connectivity index is 1.55. The highest BCUT2D eigenvalue weighted by Crippen LogP contribution is 2.29. The number of aromatic nitrogens is 2. The lowest BCUT2D eigenvalue weighted by atomic mass is 10.2. The minimum atomic E-state index is -0.258. The zero-order chi connectivity index (χ0) is 19.7. The number of rotatable bonds is 5. The van der Waals surface area contributed by atoms with Crippen LogP contribution in [0.4, 0.5) is 5.13 Å². The van der Waals surface area contributed by atoms with E-state index in [-0.39, 0.29) is 12.5 Å². The van der Waals surface area contributed by atoms with Crippen molar-refractivity contribution < 1.29 is 14.1 Å². The van der Waals surface area contributed by atoms with E-state index < -0.39 is 0 Å². The predicted molar refractivity (Wildman–Crippen MR) is 109 cm³/mol. The lowest BCUT2D eigenvalue weighted by Gasteiger charge is -2.10. The Morgan fingerprint density at radius 1 is 1.14 bits per heavy atom. The number of thiazole rings is 1. The van der Waals surface area contributed by atoms with E-state index in [2.05, 4.69) is 15.5 Å². The van der Waals surface area contributed by atoms with Crippen LogP contribution >= 0.6 is 11.3 Å². The number of para-hydroxylation sites is 2. The third-order valence-electron chi connectivity index (χ3n) is 4.53. The number of carbonyl (C=O) groups is 1. The van der Waals surface area contributed by atoms with Crippen molar-refractivity contribution in [2.45, 2.75) is 27.4 Å². The van der Waals surface area contributed by atoms with E-state index in [0.717, 1.165) is 27.0 Å². The van der Waals surface area contributed by atoms with Crippen molar-refractivity contribution in [3.63, 3.8) is 0 Å². The highest BCUT2D eigenvalue weighted by Gasteiger charge is 2.16. The first-order valence-electron chi connectivity index (χ1n) is 8.84. The van der Waals surface area contributed by atoms with Crippen molar-refractivity contribution in [1.82, 2.24) is 10.1 Å². The number of carbonyl (C=O) groups excluding carboxylic acids is 1. The Labute approximate surface area is 166 Å². The number of amides is 1. The number of hydrogen-bond acceptors (Lipinski definition) is 6. The highest BCUT2D eigenvalue weighted by molar-refractivity contribution is 7.22. The molecule has 142 valence electrons. The number of anilines is 1. The molecule has 0 aliphatic rings. The van der Waals surface area contributed by atoms with Gasteiger partial charge in [0.25, 0.3) is 5.91 Å². The van der Waals surface area contributed by atoms with Crippen LogP contribution in [0, 0.1) is 20.8 Å². The number of fused-ring (bicyclic) bond motifs is 1. The molecule has 2 aromatic heterocycles. The molecule has 0 unspecified atom stereocenters. The Hall–Kier alpha value is -3.19. The standard InChI is InChI=1S/C21H19N3O3S/c1-12-7-6-10-18-19(12)22-21(28-18)23-20(25)15-8-4-5-9-17(15)26-11-16-13(2)24-27-14(16)3/h4-10H,11H2,1-3H3,(H,22,23,25). The zero-order valence-corrected chi connectivity index (χ0v) is 16.6. The molecule has 0 aliphatic carbocycles. The number of nitrogens with zero attached hydrogens (tertiary/aromatic N) is 2. The van der Waals surface area contributed by atoms with Gasteiger partial charge in [0.1, 0.15) is 18.1 Å². The first-order valence-corrected chi connectivity index (χ1v) is 9.65. The fraction of sp³-hybridized carbons (Fsp3) is 0.190. The number of benzene rings is 2. The molecule has 0 aliphatic heterocycles. The van der Waals surface area contributed by atoms with Gasteiger partial charge in [0, 0.05) is 0 Å². The molecule has 0 atom stereocenters. The molecular weight excluding hydrogens is 374 g/mol. The molecular formula is C21H19N3O3S. The van der Waals surface area contributed by atoms with Crippen molar-refractivity contribution in [3.05, 3.63) is 70.6 Å². The van der Waals surface area contributed by atoms with Gasteiger partial charge in [-0.15, -0.1) is 0 Å². The van der Waals surface area contributed by atoms with E-state index in [1.54, 1.807) is 18.2 Å². The van der Waals surface area contributed by atoms with Crippen LogP contribution in [-0.4, -0.2) is 16.0 Å². The van der Waals surface area contributed by atoms with Crippen molar-refractivity contribution in [2.75, 3.05) is 5.32 Å². The summed E-state index contributed by atoms with van der Waals surface area (Å²) in [6.45, 7) is 5.99. The summed E-state index contributed by atoms with van der Waals surface area (Å²) in [4.78, 5) is 17.4. The maximum atomic E-state index is 12.8. The fourth-order valence-corrected chi connectivity index (χ4v) is 3.88. The summed E-state index contributed by atoms with van der Waals surface area (Å²) < 4.78 is 12.1. The summed E-state index contributed by atoms with van der Waals surface area (Å²) >= 11 is 1.45. The summed E-state index contributed by atoms with van der Waals surface area (Å²) in [6, 6.07) is 13.1. The Morgan fingerprint density at radius 2 is 1.96 bits per heavy atom. The van der Waals surface area contributed by atoms with Gasteiger partial charge in [0.2, 0.25) is 0 Å². The van der Waals surface area contributed by atoms with Gasteiger partial charge >= 0.3 is 0 Å². The van der Waals surface area contributed by atoms with E-state index in [1.165, 1.54) is 11.3 Å². The van der Waals surface area contributed by atoms with Gasteiger partial charge < -0.3 is 9.26 Å². The van der Waals surface area contributed by atoms with Crippen molar-refractivity contribution in [3.8, 4) is 5.75 Å². The second-order valence-corrected chi connectivity index (χ2v) is 7.51. The van der Waals surface area contributed by atoms with Crippen LogP contribution in [0.15, 0.2) is 47.0 Å². The molecule has 7 heteroatoms. The molecule has 4 aromatic rings. The average molecular weight is 393 g/mol. The van der Waals surface area contributed by atoms with Crippen molar-refractivity contribution in [2.24, 2.45) is 0 Å². The summed E-state index contributed by atoms with van der Waals surface area (Å²) in [6.07, 6.45) is 0. The van der Waals surface area contributed by atoms with Gasteiger partial charge in [-0.2, -0.15) is 0 Å². The number of ether oxygens (including phenoxy) is 1. The Morgan fingerprint density at radius 3 is 2.71 bits per heavy atom. The molecule has 0 radical (unpaired) electrons. The van der Waals surface area contributed by atoms with E-state index in [4.69, 9.17) is 9.26 Å². The zero-order valence-electron chi connectivity index (χ0n) is 15.8. The van der Waals surface area contributed by atoms with E-state index in [1.807, 2.05) is 45.0 Å². The smallest absolute Gasteiger partial charge is 0.261 e. The van der Waals surface area contributed by atoms with E-state index in [9.17, 15) is 4.79 Å². The van der Waals surface area contributed by atoms with Crippen LogP contribution in [0.25, 0.3) is 10.2 Å². The average Bonchev–Trinajstić information content (AvgIpc) is 3.24. The summed E-state index contributed by atoms with van der Waals surface area (Å²) in [5.41, 5.74) is 4.11. The molecule has 0 saturated heterocycles. The van der Waals surface area contributed by atoms with E-state index in [0.29, 0.717) is 22.2 Å². The molecule has 6 nitrogen and oxygen atoms in total. The largest absolute Gasteiger partial charge is 0.488 e. The molecule has 0 bridgehead atoms. The van der Waals surface area contributed by atoms with Crippen LogP contribution in [0.3, 0.4) is 0 Å². The van der Waals surface area contributed by atoms with Gasteiger partial charge in [-0.05, 0) is 44.5 Å². The molecule has 1 amide bonds. The minimum Gasteiger partial charge on any atom is -0.488 e. The first-order chi connectivity index (χ1) is 13.5. The minimum absolute atomic E-state index is 0.258. The molecule has 0 saturated carbocycles. The molecule has 4 rings (SSSR count). The maximum absolute atomic E-state index is 12.8. The normalized spacial score (nSPS) is 11.0. The van der Waals surface area contributed by atoms with Crippen molar-refractivity contribution in [1.29, 1.82) is 0 Å². The van der Waals surface area contributed by atoms with Crippen LogP contribution in [0.1, 0.15) is 32.9 Å². The lowest BCUT2D eigenvalue weighted by Crippen LogP contribution is -2.13. The van der Waals surface area contributed by atoms with Gasteiger partial charge in [0.15, 0.2) is 5.13 Å². The topological polar surface area (TPSA) is 77.2 Å². The summed E-state index contributed by atoms with van der Waals surface area (Å²) in [7, 11) is 0. The number of hydrogen-bond donors (Lipinski definition) is 1.